The average Bonchev–Trinajstić information content (AvgIpc) is 2.99. The quantitative estimate of drug-likeness (QED) is 0.735. The van der Waals surface area contributed by atoms with E-state index >= 15 is 0 Å². The molecule has 3 aromatic rings. The van der Waals surface area contributed by atoms with E-state index in [4.69, 9.17) is 0 Å². The summed E-state index contributed by atoms with van der Waals surface area (Å²) in [6, 6.07) is 7.46. The van der Waals surface area contributed by atoms with E-state index < -0.39 is 0 Å². The molecule has 1 saturated heterocycles. The first kappa shape index (κ1) is 15.5. The smallest absolute Gasteiger partial charge is 0.253 e. The lowest BCUT2D eigenvalue weighted by Crippen LogP contribution is -2.51. The number of aryl methyl sites for hydroxylation is 1. The third-order valence-electron chi connectivity index (χ3n) is 4.61. The van der Waals surface area contributed by atoms with Gasteiger partial charge in [-0.1, -0.05) is 0 Å². The van der Waals surface area contributed by atoms with E-state index in [1.54, 1.807) is 36.9 Å². The van der Waals surface area contributed by atoms with E-state index in [0.717, 1.165) is 36.7 Å². The summed E-state index contributed by atoms with van der Waals surface area (Å²) in [5, 5.41) is 0. The van der Waals surface area contributed by atoms with Crippen molar-refractivity contribution in [3.63, 3.8) is 0 Å². The van der Waals surface area contributed by atoms with Gasteiger partial charge in [-0.3, -0.25) is 14.8 Å². The van der Waals surface area contributed by atoms with Crippen molar-refractivity contribution in [2.75, 3.05) is 13.1 Å². The van der Waals surface area contributed by atoms with Gasteiger partial charge in [-0.05, 0) is 31.2 Å². The third-order valence-corrected chi connectivity index (χ3v) is 4.61. The van der Waals surface area contributed by atoms with Gasteiger partial charge in [0.1, 0.15) is 5.82 Å². The molecule has 0 aliphatic carbocycles. The SMILES string of the molecule is Cc1cnc(-c2ccncc2)n1CC1CN(C(=O)c2ccncc2)C1. The van der Waals surface area contributed by atoms with Crippen molar-refractivity contribution < 1.29 is 4.79 Å². The molecule has 0 saturated carbocycles. The van der Waals surface area contributed by atoms with Gasteiger partial charge >= 0.3 is 0 Å². The molecule has 0 N–H and O–H groups in total. The van der Waals surface area contributed by atoms with Crippen molar-refractivity contribution >= 4 is 5.91 Å². The van der Waals surface area contributed by atoms with Crippen LogP contribution in [0.15, 0.2) is 55.2 Å². The number of likely N-dealkylation sites (tertiary alicyclic amines) is 1. The van der Waals surface area contributed by atoms with Crippen molar-refractivity contribution in [2.45, 2.75) is 13.5 Å². The highest BCUT2D eigenvalue weighted by molar-refractivity contribution is 5.94. The Bertz CT molecular complexity index is 869. The van der Waals surface area contributed by atoms with Crippen LogP contribution in [0.4, 0.5) is 0 Å². The van der Waals surface area contributed by atoms with Crippen LogP contribution in [0, 0.1) is 12.8 Å². The van der Waals surface area contributed by atoms with Gasteiger partial charge in [-0.2, -0.15) is 0 Å². The van der Waals surface area contributed by atoms with E-state index in [9.17, 15) is 4.79 Å². The number of hydrogen-bond acceptors (Lipinski definition) is 4. The Morgan fingerprint density at radius 1 is 1.08 bits per heavy atom. The lowest BCUT2D eigenvalue weighted by molar-refractivity contribution is 0.0468. The Labute approximate surface area is 146 Å². The van der Waals surface area contributed by atoms with E-state index in [1.807, 2.05) is 23.2 Å². The third kappa shape index (κ3) is 3.03. The van der Waals surface area contributed by atoms with Gasteiger partial charge in [-0.25, -0.2) is 4.98 Å². The second-order valence-electron chi connectivity index (χ2n) is 6.38. The van der Waals surface area contributed by atoms with Crippen LogP contribution in [-0.2, 0) is 6.54 Å². The lowest BCUT2D eigenvalue weighted by Gasteiger charge is -2.39. The van der Waals surface area contributed by atoms with Crippen LogP contribution in [0.3, 0.4) is 0 Å². The largest absolute Gasteiger partial charge is 0.338 e. The summed E-state index contributed by atoms with van der Waals surface area (Å²) in [5.41, 5.74) is 2.89. The zero-order valence-electron chi connectivity index (χ0n) is 14.0. The fourth-order valence-electron chi connectivity index (χ4n) is 3.21. The van der Waals surface area contributed by atoms with Crippen LogP contribution in [0.2, 0.25) is 0 Å². The van der Waals surface area contributed by atoms with Crippen molar-refractivity contribution in [1.82, 2.24) is 24.4 Å². The fourth-order valence-corrected chi connectivity index (χ4v) is 3.21. The van der Waals surface area contributed by atoms with Gasteiger partial charge in [0.2, 0.25) is 0 Å². The minimum absolute atomic E-state index is 0.0790. The number of aromatic nitrogens is 4. The molecule has 1 aliphatic heterocycles. The summed E-state index contributed by atoms with van der Waals surface area (Å²) >= 11 is 0. The molecule has 6 nitrogen and oxygen atoms in total. The Kier molecular flexibility index (Phi) is 4.01. The van der Waals surface area contributed by atoms with Gasteiger partial charge in [0, 0.05) is 73.4 Å². The summed E-state index contributed by atoms with van der Waals surface area (Å²) < 4.78 is 2.23. The first-order valence-electron chi connectivity index (χ1n) is 8.34. The molecule has 0 bridgehead atoms. The number of pyridine rings is 2. The van der Waals surface area contributed by atoms with Crippen LogP contribution in [-0.4, -0.2) is 43.4 Å². The highest BCUT2D eigenvalue weighted by Gasteiger charge is 2.32. The normalized spacial score (nSPS) is 14.4. The number of hydrogen-bond donors (Lipinski definition) is 0. The maximum Gasteiger partial charge on any atom is 0.253 e. The van der Waals surface area contributed by atoms with Crippen LogP contribution < -0.4 is 0 Å². The van der Waals surface area contributed by atoms with Gasteiger partial charge in [0.25, 0.3) is 5.91 Å². The van der Waals surface area contributed by atoms with Gasteiger partial charge in [0.05, 0.1) is 0 Å². The zero-order chi connectivity index (χ0) is 17.2. The molecule has 0 spiro atoms. The summed E-state index contributed by atoms with van der Waals surface area (Å²) in [5.74, 6) is 1.48. The number of carbonyl (C=O) groups excluding carboxylic acids is 1. The predicted molar refractivity (Wildman–Crippen MR) is 93.8 cm³/mol. The highest BCUT2D eigenvalue weighted by atomic mass is 16.2. The first-order valence-corrected chi connectivity index (χ1v) is 8.34. The Balaban J connectivity index is 1.44. The van der Waals surface area contributed by atoms with E-state index in [1.165, 1.54) is 0 Å². The zero-order valence-corrected chi connectivity index (χ0v) is 14.0. The van der Waals surface area contributed by atoms with Gasteiger partial charge < -0.3 is 9.47 Å². The first-order chi connectivity index (χ1) is 12.2. The molecule has 0 unspecified atom stereocenters. The van der Waals surface area contributed by atoms with Gasteiger partial charge in [0.15, 0.2) is 0 Å². The van der Waals surface area contributed by atoms with E-state index in [2.05, 4.69) is 26.4 Å². The molecule has 1 aliphatic rings. The average molecular weight is 333 g/mol. The monoisotopic (exact) mass is 333 g/mol. The molecule has 6 heteroatoms. The number of rotatable bonds is 4. The molecule has 4 heterocycles. The predicted octanol–water partition coefficient (Wildman–Crippen LogP) is 2.42. The molecular weight excluding hydrogens is 314 g/mol. The summed E-state index contributed by atoms with van der Waals surface area (Å²) in [4.78, 5) is 26.9. The minimum atomic E-state index is 0.0790. The van der Waals surface area contributed by atoms with Crippen LogP contribution in [0.5, 0.6) is 0 Å². The molecule has 0 aromatic carbocycles. The summed E-state index contributed by atoms with van der Waals surface area (Å²) in [7, 11) is 0. The lowest BCUT2D eigenvalue weighted by atomic mass is 9.98. The van der Waals surface area contributed by atoms with Crippen molar-refractivity contribution in [1.29, 1.82) is 0 Å². The Morgan fingerprint density at radius 3 is 2.40 bits per heavy atom. The van der Waals surface area contributed by atoms with Crippen molar-refractivity contribution in [2.24, 2.45) is 5.92 Å². The Morgan fingerprint density at radius 2 is 1.72 bits per heavy atom. The Hall–Kier alpha value is -3.02. The van der Waals surface area contributed by atoms with Crippen LogP contribution >= 0.6 is 0 Å². The van der Waals surface area contributed by atoms with Crippen LogP contribution in [0.1, 0.15) is 16.1 Å². The second-order valence-corrected chi connectivity index (χ2v) is 6.38. The molecule has 0 radical (unpaired) electrons. The topological polar surface area (TPSA) is 63.9 Å². The molecule has 0 atom stereocenters. The van der Waals surface area contributed by atoms with Crippen LogP contribution in [0.25, 0.3) is 11.4 Å². The van der Waals surface area contributed by atoms with Crippen molar-refractivity contribution in [3.8, 4) is 11.4 Å². The number of carbonyl (C=O) groups is 1. The van der Waals surface area contributed by atoms with Gasteiger partial charge in [-0.15, -0.1) is 0 Å². The number of amides is 1. The minimum Gasteiger partial charge on any atom is -0.338 e. The maximum atomic E-state index is 12.4. The van der Waals surface area contributed by atoms with E-state index in [0.29, 0.717) is 11.5 Å². The number of imidazole rings is 1. The molecule has 25 heavy (non-hydrogen) atoms. The molecule has 3 aromatic heterocycles. The summed E-state index contributed by atoms with van der Waals surface area (Å²) in [6.07, 6.45) is 8.76. The molecule has 1 amide bonds. The molecule has 1 fully saturated rings. The second kappa shape index (κ2) is 6.47. The standard InChI is InChI=1S/C19H19N5O/c1-14-10-22-18(16-2-6-20-7-3-16)24(14)13-15-11-23(12-15)19(25)17-4-8-21-9-5-17/h2-10,15H,11-13H2,1H3. The summed E-state index contributed by atoms with van der Waals surface area (Å²) in [6.45, 7) is 4.48. The maximum absolute atomic E-state index is 12.4. The highest BCUT2D eigenvalue weighted by Crippen LogP contribution is 2.25. The molecule has 4 rings (SSSR count). The fraction of sp³-hybridized carbons (Fsp3) is 0.263. The molecular formula is C19H19N5O. The van der Waals surface area contributed by atoms with Crippen molar-refractivity contribution in [3.05, 3.63) is 66.5 Å². The number of nitrogens with zero attached hydrogens (tertiary/aromatic N) is 5. The van der Waals surface area contributed by atoms with E-state index in [-0.39, 0.29) is 5.91 Å². The molecule has 126 valence electrons.